The summed E-state index contributed by atoms with van der Waals surface area (Å²) in [4.78, 5) is 11.5. The van der Waals surface area contributed by atoms with E-state index in [2.05, 4.69) is 16.6 Å². The van der Waals surface area contributed by atoms with Gasteiger partial charge >= 0.3 is 0 Å². The second-order valence-electron chi connectivity index (χ2n) is 4.13. The van der Waals surface area contributed by atoms with Crippen LogP contribution in [0.15, 0.2) is 12.1 Å². The second kappa shape index (κ2) is 8.72. The molecule has 0 saturated carbocycles. The van der Waals surface area contributed by atoms with Gasteiger partial charge in [0.25, 0.3) is 5.91 Å². The van der Waals surface area contributed by atoms with E-state index in [1.165, 1.54) is 14.2 Å². The number of nitrogens with one attached hydrogen (secondary N) is 2. The van der Waals surface area contributed by atoms with Crippen LogP contribution in [-0.4, -0.2) is 40.3 Å². The molecule has 0 bridgehead atoms. The number of amides is 1. The minimum atomic E-state index is -0.309. The second-order valence-corrected chi connectivity index (χ2v) is 4.13. The molecule has 0 atom stereocenters. The maximum atomic E-state index is 11.5. The first-order valence-electron chi connectivity index (χ1n) is 6.38. The lowest BCUT2D eigenvalue weighted by atomic mass is 10.2. The zero-order valence-corrected chi connectivity index (χ0v) is 12.5. The highest BCUT2D eigenvalue weighted by molar-refractivity contribution is 5.78. The molecule has 0 fully saturated rings. The molecule has 0 saturated heterocycles. The summed E-state index contributed by atoms with van der Waals surface area (Å²) in [5, 5.41) is 5.56. The number of hydrogen-bond donors (Lipinski definition) is 2. The van der Waals surface area contributed by atoms with Gasteiger partial charge in [-0.2, -0.15) is 0 Å². The standard InChI is InChI=1S/C15H20N2O4/c1-5-6-17-14(18)10-21-15-12(19-3)7-11(9-16-2)8-13(15)20-4/h1,7-8,16H,6,9-10H2,2-4H3,(H,17,18). The van der Waals surface area contributed by atoms with Gasteiger partial charge in [0.2, 0.25) is 5.75 Å². The lowest BCUT2D eigenvalue weighted by Gasteiger charge is -2.15. The molecule has 1 rings (SSSR count). The summed E-state index contributed by atoms with van der Waals surface area (Å²) in [5.74, 6) is 3.40. The smallest absolute Gasteiger partial charge is 0.258 e. The normalized spacial score (nSPS) is 9.62. The van der Waals surface area contributed by atoms with Crippen molar-refractivity contribution in [2.45, 2.75) is 6.54 Å². The molecule has 0 aliphatic carbocycles. The Bertz CT molecular complexity index is 498. The molecule has 1 aromatic rings. The van der Waals surface area contributed by atoms with Crippen molar-refractivity contribution in [1.29, 1.82) is 0 Å². The molecule has 114 valence electrons. The minimum Gasteiger partial charge on any atom is -0.493 e. The van der Waals surface area contributed by atoms with Crippen molar-refractivity contribution in [2.24, 2.45) is 0 Å². The van der Waals surface area contributed by atoms with Crippen LogP contribution in [0, 0.1) is 12.3 Å². The van der Waals surface area contributed by atoms with Crippen molar-refractivity contribution in [2.75, 3.05) is 34.4 Å². The largest absolute Gasteiger partial charge is 0.493 e. The summed E-state index contributed by atoms with van der Waals surface area (Å²) < 4.78 is 16.1. The fourth-order valence-electron chi connectivity index (χ4n) is 1.72. The van der Waals surface area contributed by atoms with Crippen molar-refractivity contribution in [3.05, 3.63) is 17.7 Å². The van der Waals surface area contributed by atoms with E-state index in [-0.39, 0.29) is 19.1 Å². The third-order valence-corrected chi connectivity index (χ3v) is 2.64. The monoisotopic (exact) mass is 292 g/mol. The molecule has 0 aliphatic heterocycles. The third kappa shape index (κ3) is 4.89. The van der Waals surface area contributed by atoms with Gasteiger partial charge in [0, 0.05) is 6.54 Å². The van der Waals surface area contributed by atoms with Crippen molar-refractivity contribution >= 4 is 5.91 Å². The van der Waals surface area contributed by atoms with Crippen LogP contribution in [-0.2, 0) is 11.3 Å². The molecule has 0 spiro atoms. The summed E-state index contributed by atoms with van der Waals surface area (Å²) in [7, 11) is 4.91. The van der Waals surface area contributed by atoms with Crippen molar-refractivity contribution in [3.63, 3.8) is 0 Å². The first kappa shape index (κ1) is 16.7. The molecule has 0 unspecified atom stereocenters. The van der Waals surface area contributed by atoms with Gasteiger partial charge in [-0.25, -0.2) is 0 Å². The lowest BCUT2D eigenvalue weighted by molar-refractivity contribution is -0.122. The quantitative estimate of drug-likeness (QED) is 0.685. The Labute approximate surface area is 124 Å². The van der Waals surface area contributed by atoms with Gasteiger partial charge in [-0.15, -0.1) is 6.42 Å². The number of carbonyl (C=O) groups excluding carboxylic acids is 1. The first-order chi connectivity index (χ1) is 10.2. The summed E-state index contributed by atoms with van der Waals surface area (Å²) in [5.41, 5.74) is 0.982. The SMILES string of the molecule is C#CCNC(=O)COc1c(OC)cc(CNC)cc1OC. The lowest BCUT2D eigenvalue weighted by Crippen LogP contribution is -2.29. The summed E-state index contributed by atoms with van der Waals surface area (Å²) in [6.07, 6.45) is 5.07. The van der Waals surface area contributed by atoms with E-state index in [9.17, 15) is 4.79 Å². The number of terminal acetylenes is 1. The number of rotatable bonds is 8. The Morgan fingerprint density at radius 1 is 1.29 bits per heavy atom. The van der Waals surface area contributed by atoms with Crippen LogP contribution in [0.25, 0.3) is 0 Å². The molecular weight excluding hydrogens is 272 g/mol. The maximum Gasteiger partial charge on any atom is 0.258 e. The molecule has 6 heteroatoms. The predicted molar refractivity (Wildman–Crippen MR) is 79.6 cm³/mol. The summed E-state index contributed by atoms with van der Waals surface area (Å²) >= 11 is 0. The predicted octanol–water partition coefficient (Wildman–Crippen LogP) is 0.551. The molecule has 1 amide bonds. The Morgan fingerprint density at radius 2 is 1.90 bits per heavy atom. The third-order valence-electron chi connectivity index (χ3n) is 2.64. The summed E-state index contributed by atoms with van der Waals surface area (Å²) in [6.45, 7) is 0.660. The molecule has 2 N–H and O–H groups in total. The highest BCUT2D eigenvalue weighted by Gasteiger charge is 2.15. The highest BCUT2D eigenvalue weighted by Crippen LogP contribution is 2.38. The van der Waals surface area contributed by atoms with Crippen LogP contribution >= 0.6 is 0 Å². The fraction of sp³-hybridized carbons (Fsp3) is 0.400. The van der Waals surface area contributed by atoms with E-state index in [4.69, 9.17) is 20.6 Å². The zero-order chi connectivity index (χ0) is 15.7. The Balaban J connectivity index is 2.89. The molecule has 1 aromatic carbocycles. The average Bonchev–Trinajstić information content (AvgIpc) is 2.50. The highest BCUT2D eigenvalue weighted by atomic mass is 16.5. The maximum absolute atomic E-state index is 11.5. The molecule has 0 aliphatic rings. The Kier molecular flexibility index (Phi) is 6.92. The van der Waals surface area contributed by atoms with Crippen LogP contribution < -0.4 is 24.8 Å². The van der Waals surface area contributed by atoms with E-state index in [0.29, 0.717) is 23.8 Å². The van der Waals surface area contributed by atoms with Crippen molar-refractivity contribution in [3.8, 4) is 29.6 Å². The molecule has 0 heterocycles. The van der Waals surface area contributed by atoms with Crippen LogP contribution in [0.3, 0.4) is 0 Å². The number of hydrogen-bond acceptors (Lipinski definition) is 5. The van der Waals surface area contributed by atoms with Gasteiger partial charge < -0.3 is 24.8 Å². The minimum absolute atomic E-state index is 0.164. The Morgan fingerprint density at radius 3 is 2.38 bits per heavy atom. The van der Waals surface area contributed by atoms with E-state index < -0.39 is 0 Å². The van der Waals surface area contributed by atoms with E-state index >= 15 is 0 Å². The topological polar surface area (TPSA) is 68.8 Å². The van der Waals surface area contributed by atoms with Gasteiger partial charge in [-0.3, -0.25) is 4.79 Å². The van der Waals surface area contributed by atoms with Crippen LogP contribution in [0.2, 0.25) is 0 Å². The van der Waals surface area contributed by atoms with Crippen LogP contribution in [0.1, 0.15) is 5.56 Å². The van der Waals surface area contributed by atoms with Gasteiger partial charge in [0.1, 0.15) is 0 Å². The fourth-order valence-corrected chi connectivity index (χ4v) is 1.72. The van der Waals surface area contributed by atoms with Gasteiger partial charge in [0.15, 0.2) is 18.1 Å². The molecule has 21 heavy (non-hydrogen) atoms. The van der Waals surface area contributed by atoms with Crippen molar-refractivity contribution in [1.82, 2.24) is 10.6 Å². The van der Waals surface area contributed by atoms with Gasteiger partial charge in [-0.05, 0) is 24.7 Å². The van der Waals surface area contributed by atoms with Crippen molar-refractivity contribution < 1.29 is 19.0 Å². The zero-order valence-electron chi connectivity index (χ0n) is 12.5. The molecular formula is C15H20N2O4. The molecule has 0 aromatic heterocycles. The van der Waals surface area contributed by atoms with Crippen LogP contribution in [0.5, 0.6) is 17.2 Å². The number of methoxy groups -OCH3 is 2. The number of ether oxygens (including phenoxy) is 3. The average molecular weight is 292 g/mol. The van der Waals surface area contributed by atoms with Crippen LogP contribution in [0.4, 0.5) is 0 Å². The Hall–Kier alpha value is -2.39. The number of carbonyl (C=O) groups is 1. The molecule has 6 nitrogen and oxygen atoms in total. The van der Waals surface area contributed by atoms with Gasteiger partial charge in [0.05, 0.1) is 20.8 Å². The molecule has 0 radical (unpaired) electrons. The summed E-state index contributed by atoms with van der Waals surface area (Å²) in [6, 6.07) is 3.65. The first-order valence-corrected chi connectivity index (χ1v) is 6.38. The van der Waals surface area contributed by atoms with E-state index in [1.54, 1.807) is 0 Å². The van der Waals surface area contributed by atoms with Gasteiger partial charge in [-0.1, -0.05) is 5.92 Å². The van der Waals surface area contributed by atoms with E-state index in [0.717, 1.165) is 5.56 Å². The number of benzene rings is 1. The van der Waals surface area contributed by atoms with E-state index in [1.807, 2.05) is 19.2 Å².